The van der Waals surface area contributed by atoms with Crippen LogP contribution in [0.4, 0.5) is 5.69 Å². The van der Waals surface area contributed by atoms with Crippen molar-refractivity contribution < 1.29 is 0 Å². The topological polar surface area (TPSA) is 27.3 Å². The number of nitrogens with one attached hydrogen (secondary N) is 2. The normalized spacial score (nSPS) is 10.6. The second kappa shape index (κ2) is 8.65. The summed E-state index contributed by atoms with van der Waals surface area (Å²) in [6.45, 7) is 3.83. The van der Waals surface area contributed by atoms with Gasteiger partial charge in [0.15, 0.2) is 5.11 Å². The van der Waals surface area contributed by atoms with Crippen molar-refractivity contribution >= 4 is 23.0 Å². The third-order valence-corrected chi connectivity index (χ3v) is 3.87. The average molecular weight is 327 g/mol. The fourth-order valence-electron chi connectivity index (χ4n) is 2.43. The van der Waals surface area contributed by atoms with Crippen LogP contribution in [0.3, 0.4) is 0 Å². The summed E-state index contributed by atoms with van der Waals surface area (Å²) in [5.41, 5.74) is 4.88. The zero-order valence-electron chi connectivity index (χ0n) is 14.1. The first-order chi connectivity index (χ1) is 11.1. The second-order valence-corrected chi connectivity index (χ2v) is 6.28. The number of anilines is 1. The molecule has 0 atom stereocenters. The minimum atomic E-state index is 0.656. The fourth-order valence-corrected chi connectivity index (χ4v) is 2.61. The first-order valence-corrected chi connectivity index (χ1v) is 8.34. The molecule has 2 aromatic carbocycles. The minimum absolute atomic E-state index is 0.656. The quantitative estimate of drug-likeness (QED) is 0.789. The smallest absolute Gasteiger partial charge is 0.171 e. The molecule has 0 aliphatic carbocycles. The van der Waals surface area contributed by atoms with E-state index in [-0.39, 0.29) is 0 Å². The highest BCUT2D eigenvalue weighted by atomic mass is 32.1. The van der Waals surface area contributed by atoms with E-state index < -0.39 is 0 Å². The van der Waals surface area contributed by atoms with Crippen LogP contribution in [0.2, 0.25) is 0 Å². The van der Waals surface area contributed by atoms with Crippen LogP contribution >= 0.6 is 12.2 Å². The summed E-state index contributed by atoms with van der Waals surface area (Å²) in [4.78, 5) is 2.16. The molecular weight excluding hydrogens is 302 g/mol. The van der Waals surface area contributed by atoms with Crippen molar-refractivity contribution in [1.82, 2.24) is 10.2 Å². The predicted octanol–water partition coefficient (Wildman–Crippen LogP) is 3.80. The Morgan fingerprint density at radius 2 is 1.65 bits per heavy atom. The molecule has 2 N–H and O–H groups in total. The zero-order valence-corrected chi connectivity index (χ0v) is 14.9. The van der Waals surface area contributed by atoms with E-state index in [1.54, 1.807) is 0 Å². The summed E-state index contributed by atoms with van der Waals surface area (Å²) >= 11 is 5.40. The monoisotopic (exact) mass is 327 g/mol. The third-order valence-electron chi connectivity index (χ3n) is 3.62. The van der Waals surface area contributed by atoms with Gasteiger partial charge in [-0.1, -0.05) is 49.4 Å². The molecule has 0 aromatic heterocycles. The Morgan fingerprint density at radius 1 is 1.00 bits per heavy atom. The summed E-state index contributed by atoms with van der Waals surface area (Å²) in [5.74, 6) is 0. The summed E-state index contributed by atoms with van der Waals surface area (Å²) in [5, 5.41) is 7.21. The zero-order chi connectivity index (χ0) is 16.7. The molecule has 23 heavy (non-hydrogen) atoms. The van der Waals surface area contributed by atoms with Gasteiger partial charge in [0, 0.05) is 18.8 Å². The number of rotatable bonds is 6. The van der Waals surface area contributed by atoms with Crippen LogP contribution in [0.1, 0.15) is 23.6 Å². The second-order valence-electron chi connectivity index (χ2n) is 5.87. The van der Waals surface area contributed by atoms with Crippen molar-refractivity contribution in [2.45, 2.75) is 26.4 Å². The lowest BCUT2D eigenvalue weighted by Crippen LogP contribution is -2.28. The molecule has 0 heterocycles. The van der Waals surface area contributed by atoms with Crippen LogP contribution in [-0.4, -0.2) is 24.1 Å². The maximum absolute atomic E-state index is 5.40. The van der Waals surface area contributed by atoms with E-state index in [4.69, 9.17) is 12.2 Å². The lowest BCUT2D eigenvalue weighted by atomic mass is 10.1. The highest BCUT2D eigenvalue weighted by Gasteiger charge is 2.02. The SMILES string of the molecule is CCc1ccccc1NC(=S)NCc1ccc(CN(C)C)cc1. The number of nitrogens with zero attached hydrogens (tertiary/aromatic N) is 1. The van der Waals surface area contributed by atoms with Crippen LogP contribution < -0.4 is 10.6 Å². The van der Waals surface area contributed by atoms with Crippen molar-refractivity contribution in [1.29, 1.82) is 0 Å². The highest BCUT2D eigenvalue weighted by Crippen LogP contribution is 2.15. The van der Waals surface area contributed by atoms with Crippen molar-refractivity contribution in [3.63, 3.8) is 0 Å². The summed E-state index contributed by atoms with van der Waals surface area (Å²) in [7, 11) is 4.15. The van der Waals surface area contributed by atoms with E-state index >= 15 is 0 Å². The molecule has 0 bridgehead atoms. The van der Waals surface area contributed by atoms with Gasteiger partial charge in [0.1, 0.15) is 0 Å². The molecule has 0 radical (unpaired) electrons. The maximum Gasteiger partial charge on any atom is 0.171 e. The van der Waals surface area contributed by atoms with Gasteiger partial charge in [0.25, 0.3) is 0 Å². The van der Waals surface area contributed by atoms with Gasteiger partial charge in [-0.05, 0) is 55.5 Å². The average Bonchev–Trinajstić information content (AvgIpc) is 2.54. The summed E-state index contributed by atoms with van der Waals surface area (Å²) in [6.07, 6.45) is 0.985. The van der Waals surface area contributed by atoms with Gasteiger partial charge in [-0.3, -0.25) is 0 Å². The number of hydrogen-bond donors (Lipinski definition) is 2. The van der Waals surface area contributed by atoms with Crippen molar-refractivity contribution in [2.24, 2.45) is 0 Å². The number of thiocarbonyl (C=S) groups is 1. The predicted molar refractivity (Wildman–Crippen MR) is 103 cm³/mol. The fraction of sp³-hybridized carbons (Fsp3) is 0.316. The van der Waals surface area contributed by atoms with Gasteiger partial charge in [0.2, 0.25) is 0 Å². The van der Waals surface area contributed by atoms with E-state index in [9.17, 15) is 0 Å². The van der Waals surface area contributed by atoms with Gasteiger partial charge < -0.3 is 15.5 Å². The maximum atomic E-state index is 5.40. The first-order valence-electron chi connectivity index (χ1n) is 7.93. The summed E-state index contributed by atoms with van der Waals surface area (Å²) < 4.78 is 0. The van der Waals surface area contributed by atoms with Crippen molar-refractivity contribution in [3.8, 4) is 0 Å². The molecular formula is C19H25N3S. The van der Waals surface area contributed by atoms with Crippen molar-refractivity contribution in [2.75, 3.05) is 19.4 Å². The largest absolute Gasteiger partial charge is 0.358 e. The Morgan fingerprint density at radius 3 is 2.30 bits per heavy atom. The number of aryl methyl sites for hydroxylation is 1. The Bertz CT molecular complexity index is 635. The molecule has 4 heteroatoms. The molecule has 0 aliphatic heterocycles. The Balaban J connectivity index is 1.86. The van der Waals surface area contributed by atoms with Gasteiger partial charge in [-0.15, -0.1) is 0 Å². The highest BCUT2D eigenvalue weighted by molar-refractivity contribution is 7.80. The van der Waals surface area contributed by atoms with E-state index in [0.29, 0.717) is 5.11 Å². The molecule has 2 rings (SSSR count). The molecule has 122 valence electrons. The van der Waals surface area contributed by atoms with E-state index in [1.807, 2.05) is 6.07 Å². The van der Waals surface area contributed by atoms with Gasteiger partial charge in [-0.25, -0.2) is 0 Å². The molecule has 3 nitrogen and oxygen atoms in total. The molecule has 0 amide bonds. The number of para-hydroxylation sites is 1. The molecule has 0 unspecified atom stereocenters. The Hall–Kier alpha value is -1.91. The van der Waals surface area contributed by atoms with E-state index in [0.717, 1.165) is 25.2 Å². The molecule has 0 fully saturated rings. The van der Waals surface area contributed by atoms with Crippen molar-refractivity contribution in [3.05, 3.63) is 65.2 Å². The standard InChI is InChI=1S/C19H25N3S/c1-4-17-7-5-6-8-18(17)21-19(23)20-13-15-9-11-16(12-10-15)14-22(2)3/h5-12H,4,13-14H2,1-3H3,(H2,20,21,23). The lowest BCUT2D eigenvalue weighted by Gasteiger charge is -2.14. The minimum Gasteiger partial charge on any atom is -0.358 e. The first kappa shape index (κ1) is 17.4. The number of benzene rings is 2. The van der Waals surface area contributed by atoms with Crippen LogP contribution in [0.15, 0.2) is 48.5 Å². The molecule has 0 spiro atoms. The molecule has 0 aliphatic rings. The Kier molecular flexibility index (Phi) is 6.56. The van der Waals surface area contributed by atoms with Crippen LogP contribution in [-0.2, 0) is 19.5 Å². The molecule has 2 aromatic rings. The Labute approximate surface area is 144 Å². The molecule has 0 saturated heterocycles. The van der Waals surface area contributed by atoms with Crippen LogP contribution in [0.25, 0.3) is 0 Å². The van der Waals surface area contributed by atoms with E-state index in [2.05, 4.69) is 79.0 Å². The van der Waals surface area contributed by atoms with Gasteiger partial charge in [0.05, 0.1) is 0 Å². The van der Waals surface area contributed by atoms with Gasteiger partial charge in [-0.2, -0.15) is 0 Å². The third kappa shape index (κ3) is 5.66. The lowest BCUT2D eigenvalue weighted by molar-refractivity contribution is 0.402. The summed E-state index contributed by atoms with van der Waals surface area (Å²) in [6, 6.07) is 16.9. The van der Waals surface area contributed by atoms with Crippen LogP contribution in [0, 0.1) is 0 Å². The van der Waals surface area contributed by atoms with Gasteiger partial charge >= 0.3 is 0 Å². The van der Waals surface area contributed by atoms with Crippen LogP contribution in [0.5, 0.6) is 0 Å². The molecule has 0 saturated carbocycles. The van der Waals surface area contributed by atoms with E-state index in [1.165, 1.54) is 16.7 Å². The number of hydrogen-bond acceptors (Lipinski definition) is 2.